The lowest BCUT2D eigenvalue weighted by Gasteiger charge is -2.11. The molecule has 174 valence electrons. The molecule has 0 spiro atoms. The lowest BCUT2D eigenvalue weighted by atomic mass is 10.2. The summed E-state index contributed by atoms with van der Waals surface area (Å²) in [6.07, 6.45) is 5.19. The van der Waals surface area contributed by atoms with Crippen LogP contribution in [0.15, 0.2) is 84.9 Å². The van der Waals surface area contributed by atoms with E-state index >= 15 is 0 Å². The average Bonchev–Trinajstić information content (AvgIpc) is 3.24. The minimum absolute atomic E-state index is 0.144. The van der Waals surface area contributed by atoms with Crippen LogP contribution in [0.5, 0.6) is 11.5 Å². The number of aromatic nitrogens is 2. The second kappa shape index (κ2) is 11.7. The van der Waals surface area contributed by atoms with Crippen molar-refractivity contribution >= 4 is 23.0 Å². The van der Waals surface area contributed by atoms with E-state index in [4.69, 9.17) is 14.5 Å². The summed E-state index contributed by atoms with van der Waals surface area (Å²) in [5.41, 5.74) is 2.99. The van der Waals surface area contributed by atoms with Gasteiger partial charge in [0, 0.05) is 18.7 Å². The number of carbonyl (C=O) groups is 1. The molecule has 0 saturated carbocycles. The maximum Gasteiger partial charge on any atom is 0.244 e. The van der Waals surface area contributed by atoms with Crippen molar-refractivity contribution in [3.8, 4) is 11.5 Å². The number of para-hydroxylation sites is 2. The zero-order valence-electron chi connectivity index (χ0n) is 19.3. The quantitative estimate of drug-likeness (QED) is 0.248. The Balaban J connectivity index is 1.33. The second-order valence-electron chi connectivity index (χ2n) is 7.86. The first-order valence-electron chi connectivity index (χ1n) is 11.4. The molecule has 0 aliphatic heterocycles. The summed E-state index contributed by atoms with van der Waals surface area (Å²) in [7, 11) is 1.65. The molecule has 0 atom stereocenters. The van der Waals surface area contributed by atoms with Gasteiger partial charge in [-0.3, -0.25) is 4.79 Å². The number of rotatable bonds is 11. The summed E-state index contributed by atoms with van der Waals surface area (Å²) in [5.74, 6) is 2.29. The fourth-order valence-corrected chi connectivity index (χ4v) is 3.72. The Morgan fingerprint density at radius 3 is 2.62 bits per heavy atom. The zero-order valence-corrected chi connectivity index (χ0v) is 19.3. The van der Waals surface area contributed by atoms with Gasteiger partial charge < -0.3 is 19.4 Å². The average molecular weight is 456 g/mol. The molecule has 3 aromatic carbocycles. The molecule has 0 aliphatic carbocycles. The zero-order chi connectivity index (χ0) is 23.6. The summed E-state index contributed by atoms with van der Waals surface area (Å²) in [6, 6.07) is 25.4. The first-order chi connectivity index (χ1) is 16.7. The highest BCUT2D eigenvalue weighted by Crippen LogP contribution is 2.20. The third-order valence-corrected chi connectivity index (χ3v) is 5.47. The summed E-state index contributed by atoms with van der Waals surface area (Å²) in [6.45, 7) is 1.79. The molecular weight excluding hydrogens is 426 g/mol. The van der Waals surface area contributed by atoms with Crippen LogP contribution in [0.25, 0.3) is 17.1 Å². The number of ether oxygens (including phenoxy) is 2. The Hall–Kier alpha value is -4.06. The number of imidazole rings is 1. The van der Waals surface area contributed by atoms with Gasteiger partial charge in [-0.2, -0.15) is 0 Å². The van der Waals surface area contributed by atoms with E-state index in [9.17, 15) is 4.79 Å². The largest absolute Gasteiger partial charge is 0.497 e. The van der Waals surface area contributed by atoms with E-state index in [2.05, 4.69) is 16.0 Å². The Morgan fingerprint density at radius 2 is 1.76 bits per heavy atom. The van der Waals surface area contributed by atoms with Gasteiger partial charge >= 0.3 is 0 Å². The fourth-order valence-electron chi connectivity index (χ4n) is 3.72. The Bertz CT molecular complexity index is 1250. The second-order valence-corrected chi connectivity index (χ2v) is 7.86. The molecule has 0 bridgehead atoms. The first kappa shape index (κ1) is 23.1. The maximum atomic E-state index is 12.3. The predicted octanol–water partition coefficient (Wildman–Crippen LogP) is 5.23. The Labute approximate surface area is 199 Å². The van der Waals surface area contributed by atoms with Gasteiger partial charge in [-0.15, -0.1) is 0 Å². The number of carbonyl (C=O) groups excluding carboxylic acids is 1. The summed E-state index contributed by atoms with van der Waals surface area (Å²) in [5, 5.41) is 2.96. The number of unbranched alkanes of at least 4 members (excludes halogenated alkanes) is 1. The van der Waals surface area contributed by atoms with Crippen molar-refractivity contribution in [2.45, 2.75) is 25.9 Å². The van der Waals surface area contributed by atoms with Gasteiger partial charge in [0.2, 0.25) is 5.91 Å². The molecule has 6 nitrogen and oxygen atoms in total. The highest BCUT2D eigenvalue weighted by atomic mass is 16.5. The number of nitrogens with zero attached hydrogens (tertiary/aromatic N) is 2. The molecule has 34 heavy (non-hydrogen) atoms. The van der Waals surface area contributed by atoms with Crippen molar-refractivity contribution in [3.63, 3.8) is 0 Å². The number of fused-ring (bicyclic) bond motifs is 1. The molecule has 0 unspecified atom stereocenters. The van der Waals surface area contributed by atoms with E-state index in [-0.39, 0.29) is 5.91 Å². The van der Waals surface area contributed by atoms with Crippen LogP contribution in [0.4, 0.5) is 0 Å². The Morgan fingerprint density at radius 1 is 0.971 bits per heavy atom. The van der Waals surface area contributed by atoms with Crippen molar-refractivity contribution in [1.29, 1.82) is 0 Å². The van der Waals surface area contributed by atoms with E-state index in [0.717, 1.165) is 53.3 Å². The topological polar surface area (TPSA) is 65.4 Å². The highest BCUT2D eigenvalue weighted by Gasteiger charge is 2.11. The van der Waals surface area contributed by atoms with Crippen molar-refractivity contribution in [1.82, 2.24) is 14.9 Å². The van der Waals surface area contributed by atoms with E-state index in [1.54, 1.807) is 19.3 Å². The van der Waals surface area contributed by atoms with Crippen LogP contribution in [-0.4, -0.2) is 29.2 Å². The molecule has 0 saturated heterocycles. The van der Waals surface area contributed by atoms with Gasteiger partial charge in [-0.1, -0.05) is 48.5 Å². The number of nitrogens with one attached hydrogen (secondary N) is 1. The van der Waals surface area contributed by atoms with Gasteiger partial charge in [-0.05, 0) is 48.7 Å². The number of amides is 1. The molecule has 1 aromatic heterocycles. The van der Waals surface area contributed by atoms with Crippen LogP contribution in [0.2, 0.25) is 0 Å². The number of hydrogen-bond acceptors (Lipinski definition) is 4. The van der Waals surface area contributed by atoms with E-state index in [1.807, 2.05) is 72.8 Å². The van der Waals surface area contributed by atoms with Crippen molar-refractivity contribution in [3.05, 3.63) is 96.3 Å². The monoisotopic (exact) mass is 455 g/mol. The molecular formula is C28H29N3O3. The molecule has 0 radical (unpaired) electrons. The summed E-state index contributed by atoms with van der Waals surface area (Å²) >= 11 is 0. The van der Waals surface area contributed by atoms with Gasteiger partial charge in [0.25, 0.3) is 0 Å². The lowest BCUT2D eigenvalue weighted by Crippen LogP contribution is -2.22. The Kier molecular flexibility index (Phi) is 7.95. The lowest BCUT2D eigenvalue weighted by molar-refractivity contribution is -0.116. The van der Waals surface area contributed by atoms with Gasteiger partial charge in [0.1, 0.15) is 17.3 Å². The number of hydrogen-bond donors (Lipinski definition) is 1. The third-order valence-electron chi connectivity index (χ3n) is 5.47. The van der Waals surface area contributed by atoms with E-state index < -0.39 is 0 Å². The minimum Gasteiger partial charge on any atom is -0.497 e. The number of aryl methyl sites for hydroxylation is 1. The van der Waals surface area contributed by atoms with Crippen LogP contribution in [0.1, 0.15) is 24.2 Å². The van der Waals surface area contributed by atoms with Crippen molar-refractivity contribution < 1.29 is 14.3 Å². The standard InChI is InChI=1S/C28H29N3O3/c1-33-23-12-9-13-24(20-23)34-19-8-7-18-31-26-15-6-5-14-25(26)30-27(31)21-29-28(32)17-16-22-10-3-2-4-11-22/h2-6,9-17,20H,7-8,18-19,21H2,1H3,(H,29,32)/b17-16-. The van der Waals surface area contributed by atoms with Crippen molar-refractivity contribution in [2.24, 2.45) is 0 Å². The van der Waals surface area contributed by atoms with Crippen LogP contribution in [-0.2, 0) is 17.9 Å². The van der Waals surface area contributed by atoms with Crippen molar-refractivity contribution in [2.75, 3.05) is 13.7 Å². The molecule has 1 heterocycles. The fraction of sp³-hybridized carbons (Fsp3) is 0.214. The van der Waals surface area contributed by atoms with E-state index in [0.29, 0.717) is 13.2 Å². The van der Waals surface area contributed by atoms with Crippen LogP contribution < -0.4 is 14.8 Å². The molecule has 4 rings (SSSR count). The smallest absolute Gasteiger partial charge is 0.244 e. The van der Waals surface area contributed by atoms with E-state index in [1.165, 1.54) is 0 Å². The SMILES string of the molecule is COc1cccc(OCCCCn2c(CNC(=O)/C=C\c3ccccc3)nc3ccccc32)c1. The number of benzene rings is 3. The van der Waals surface area contributed by atoms with Gasteiger partial charge in [0.15, 0.2) is 0 Å². The minimum atomic E-state index is -0.144. The molecule has 0 aliphatic rings. The summed E-state index contributed by atoms with van der Waals surface area (Å²) < 4.78 is 13.3. The molecule has 6 heteroatoms. The predicted molar refractivity (Wildman–Crippen MR) is 135 cm³/mol. The molecule has 1 amide bonds. The van der Waals surface area contributed by atoms with Crippen LogP contribution >= 0.6 is 0 Å². The van der Waals surface area contributed by atoms with Crippen LogP contribution in [0.3, 0.4) is 0 Å². The van der Waals surface area contributed by atoms with Gasteiger partial charge in [-0.25, -0.2) is 4.98 Å². The normalized spacial score (nSPS) is 11.1. The molecule has 4 aromatic rings. The summed E-state index contributed by atoms with van der Waals surface area (Å²) in [4.78, 5) is 17.1. The molecule has 0 fully saturated rings. The van der Waals surface area contributed by atoms with Gasteiger partial charge in [0.05, 0.1) is 31.3 Å². The van der Waals surface area contributed by atoms with Crippen LogP contribution in [0, 0.1) is 0 Å². The molecule has 1 N–H and O–H groups in total. The first-order valence-corrected chi connectivity index (χ1v) is 11.4. The highest BCUT2D eigenvalue weighted by molar-refractivity contribution is 5.91. The number of methoxy groups -OCH3 is 1. The maximum absolute atomic E-state index is 12.3. The third kappa shape index (κ3) is 6.25.